The molecule has 162 valence electrons. The zero-order valence-electron chi connectivity index (χ0n) is 19.3. The zero-order valence-corrected chi connectivity index (χ0v) is 19.3. The van der Waals surface area contributed by atoms with Crippen molar-refractivity contribution >= 4 is 0 Å². The zero-order chi connectivity index (χ0) is 20.1. The van der Waals surface area contributed by atoms with Gasteiger partial charge in [-0.1, -0.05) is 97.3 Å². The number of nitriles is 1. The lowest BCUT2D eigenvalue weighted by Crippen LogP contribution is -2.31. The van der Waals surface area contributed by atoms with Crippen molar-refractivity contribution in [2.75, 3.05) is 0 Å². The first-order valence-corrected chi connectivity index (χ1v) is 13.1. The normalized spacial score (nSPS) is 30.8. The first-order valence-electron chi connectivity index (χ1n) is 13.1. The third kappa shape index (κ3) is 8.08. The Labute approximate surface area is 177 Å². The molecular weight excluding hydrogens is 338 g/mol. The van der Waals surface area contributed by atoms with Gasteiger partial charge in [-0.3, -0.25) is 0 Å². The van der Waals surface area contributed by atoms with Crippen LogP contribution in [0.5, 0.6) is 0 Å². The maximum atomic E-state index is 9.83. The molecule has 0 N–H and O–H groups in total. The number of hydrogen-bond donors (Lipinski definition) is 0. The van der Waals surface area contributed by atoms with Gasteiger partial charge in [-0.15, -0.1) is 0 Å². The van der Waals surface area contributed by atoms with Crippen LogP contribution in [0, 0.1) is 34.5 Å². The van der Waals surface area contributed by atoms with Gasteiger partial charge in [0.2, 0.25) is 0 Å². The van der Waals surface area contributed by atoms with Crippen LogP contribution in [0.2, 0.25) is 0 Å². The minimum atomic E-state index is 0.0409. The van der Waals surface area contributed by atoms with E-state index < -0.39 is 0 Å². The van der Waals surface area contributed by atoms with Crippen LogP contribution in [0.15, 0.2) is 0 Å². The van der Waals surface area contributed by atoms with Gasteiger partial charge < -0.3 is 0 Å². The summed E-state index contributed by atoms with van der Waals surface area (Å²) >= 11 is 0. The van der Waals surface area contributed by atoms with Gasteiger partial charge in [0.15, 0.2) is 0 Å². The average Bonchev–Trinajstić information content (AvgIpc) is 2.75. The SMILES string of the molecule is CCCCCCCCC1CCC([C@H]2CC[C@](C#N)(CCCCCC)CC2)CC1. The molecule has 0 aromatic heterocycles. The molecule has 2 aliphatic carbocycles. The van der Waals surface area contributed by atoms with Crippen molar-refractivity contribution in [2.24, 2.45) is 23.2 Å². The summed E-state index contributed by atoms with van der Waals surface area (Å²) in [6.07, 6.45) is 27.6. The van der Waals surface area contributed by atoms with E-state index in [1.165, 1.54) is 128 Å². The van der Waals surface area contributed by atoms with Crippen LogP contribution >= 0.6 is 0 Å². The number of nitrogens with zero attached hydrogens (tertiary/aromatic N) is 1. The van der Waals surface area contributed by atoms with Gasteiger partial charge in [-0.2, -0.15) is 5.26 Å². The van der Waals surface area contributed by atoms with Crippen LogP contribution in [-0.2, 0) is 0 Å². The van der Waals surface area contributed by atoms with Crippen LogP contribution in [-0.4, -0.2) is 0 Å². The second-order valence-electron chi connectivity index (χ2n) is 10.4. The minimum absolute atomic E-state index is 0.0409. The molecule has 0 heterocycles. The van der Waals surface area contributed by atoms with E-state index in [2.05, 4.69) is 19.9 Å². The monoisotopic (exact) mass is 387 g/mol. The maximum absolute atomic E-state index is 9.83. The summed E-state index contributed by atoms with van der Waals surface area (Å²) in [7, 11) is 0. The van der Waals surface area contributed by atoms with Gasteiger partial charge in [-0.25, -0.2) is 0 Å². The fourth-order valence-electron chi connectivity index (χ4n) is 6.13. The summed E-state index contributed by atoms with van der Waals surface area (Å²) < 4.78 is 0. The lowest BCUT2D eigenvalue weighted by atomic mass is 9.63. The van der Waals surface area contributed by atoms with E-state index in [1.807, 2.05) is 0 Å². The van der Waals surface area contributed by atoms with Crippen molar-refractivity contribution in [1.82, 2.24) is 0 Å². The van der Waals surface area contributed by atoms with Gasteiger partial charge in [0.05, 0.1) is 11.5 Å². The molecule has 28 heavy (non-hydrogen) atoms. The second kappa shape index (κ2) is 13.7. The van der Waals surface area contributed by atoms with E-state index >= 15 is 0 Å². The molecule has 2 saturated carbocycles. The van der Waals surface area contributed by atoms with Crippen molar-refractivity contribution in [3.63, 3.8) is 0 Å². The fourth-order valence-corrected chi connectivity index (χ4v) is 6.13. The molecule has 0 saturated heterocycles. The highest BCUT2D eigenvalue weighted by molar-refractivity contribution is 5.02. The van der Waals surface area contributed by atoms with E-state index in [4.69, 9.17) is 0 Å². The largest absolute Gasteiger partial charge is 0.198 e. The predicted octanol–water partition coefficient (Wildman–Crippen LogP) is 9.21. The summed E-state index contributed by atoms with van der Waals surface area (Å²) in [4.78, 5) is 0. The minimum Gasteiger partial charge on any atom is -0.198 e. The van der Waals surface area contributed by atoms with Crippen LogP contribution in [0.4, 0.5) is 0 Å². The average molecular weight is 388 g/mol. The summed E-state index contributed by atoms with van der Waals surface area (Å²) in [5.41, 5.74) is 0.0409. The second-order valence-corrected chi connectivity index (χ2v) is 10.4. The van der Waals surface area contributed by atoms with E-state index in [-0.39, 0.29) is 5.41 Å². The lowest BCUT2D eigenvalue weighted by Gasteiger charge is -2.41. The fraction of sp³-hybridized carbons (Fsp3) is 0.963. The van der Waals surface area contributed by atoms with Gasteiger partial charge in [0.1, 0.15) is 0 Å². The van der Waals surface area contributed by atoms with Crippen molar-refractivity contribution in [3.8, 4) is 6.07 Å². The standard InChI is InChI=1S/C27H49N/c1-3-5-7-9-10-11-13-24-14-16-25(17-15-24)26-18-21-27(23-28,22-19-26)20-12-8-6-4-2/h24-26H,3-22H2,1-2H3/t24?,25?,26-,27+. The molecule has 0 bridgehead atoms. The van der Waals surface area contributed by atoms with Gasteiger partial charge >= 0.3 is 0 Å². The molecule has 0 amide bonds. The van der Waals surface area contributed by atoms with Crippen molar-refractivity contribution in [3.05, 3.63) is 0 Å². The van der Waals surface area contributed by atoms with Crippen LogP contribution in [0.3, 0.4) is 0 Å². The molecule has 2 rings (SSSR count). The Kier molecular flexibility index (Phi) is 11.6. The molecule has 0 radical (unpaired) electrons. The molecule has 0 spiro atoms. The van der Waals surface area contributed by atoms with Gasteiger partial charge in [0.25, 0.3) is 0 Å². The lowest BCUT2D eigenvalue weighted by molar-refractivity contribution is 0.114. The van der Waals surface area contributed by atoms with Gasteiger partial charge in [-0.05, 0) is 62.7 Å². The Hall–Kier alpha value is -0.510. The van der Waals surface area contributed by atoms with Crippen LogP contribution in [0.1, 0.15) is 142 Å². The third-order valence-electron chi connectivity index (χ3n) is 8.26. The number of rotatable bonds is 13. The molecular formula is C27H49N. The van der Waals surface area contributed by atoms with E-state index in [1.54, 1.807) is 0 Å². The van der Waals surface area contributed by atoms with Crippen LogP contribution < -0.4 is 0 Å². The Balaban J connectivity index is 1.60. The predicted molar refractivity (Wildman–Crippen MR) is 122 cm³/mol. The molecule has 0 aliphatic heterocycles. The molecule has 0 atom stereocenters. The van der Waals surface area contributed by atoms with Gasteiger partial charge in [0, 0.05) is 0 Å². The Morgan fingerprint density at radius 3 is 1.82 bits per heavy atom. The topological polar surface area (TPSA) is 23.8 Å². The van der Waals surface area contributed by atoms with Crippen LogP contribution in [0.25, 0.3) is 0 Å². The highest BCUT2D eigenvalue weighted by Crippen LogP contribution is 2.47. The first-order chi connectivity index (χ1) is 13.7. The molecule has 1 nitrogen and oxygen atoms in total. The van der Waals surface area contributed by atoms with E-state index in [0.29, 0.717) is 0 Å². The van der Waals surface area contributed by atoms with E-state index in [9.17, 15) is 5.26 Å². The third-order valence-corrected chi connectivity index (χ3v) is 8.26. The smallest absolute Gasteiger partial charge is 0.0689 e. The molecule has 1 heteroatoms. The summed E-state index contributed by atoms with van der Waals surface area (Å²) in [5.74, 6) is 2.95. The molecule has 0 aromatic carbocycles. The number of unbranched alkanes of at least 4 members (excludes halogenated alkanes) is 8. The maximum Gasteiger partial charge on any atom is 0.0689 e. The molecule has 2 fully saturated rings. The van der Waals surface area contributed by atoms with Crippen molar-refractivity contribution < 1.29 is 0 Å². The Morgan fingerprint density at radius 1 is 0.679 bits per heavy atom. The van der Waals surface area contributed by atoms with E-state index in [0.717, 1.165) is 17.8 Å². The highest BCUT2D eigenvalue weighted by Gasteiger charge is 2.38. The summed E-state index contributed by atoms with van der Waals surface area (Å²) in [6.45, 7) is 4.58. The number of hydrogen-bond acceptors (Lipinski definition) is 1. The van der Waals surface area contributed by atoms with Crippen molar-refractivity contribution in [2.45, 2.75) is 142 Å². The molecule has 0 aromatic rings. The van der Waals surface area contributed by atoms with Crippen molar-refractivity contribution in [1.29, 1.82) is 5.26 Å². The molecule has 0 unspecified atom stereocenters. The Bertz CT molecular complexity index is 418. The summed E-state index contributed by atoms with van der Waals surface area (Å²) in [5, 5.41) is 9.83. The quantitative estimate of drug-likeness (QED) is 0.289. The highest BCUT2D eigenvalue weighted by atomic mass is 14.4. The molecule has 2 aliphatic rings. The summed E-state index contributed by atoms with van der Waals surface area (Å²) in [6, 6.07) is 2.77. The first kappa shape index (κ1) is 23.8. The Morgan fingerprint density at radius 2 is 1.21 bits per heavy atom.